The minimum Gasteiger partial charge on any atom is -0.493 e. The fourth-order valence-corrected chi connectivity index (χ4v) is 5.45. The van der Waals surface area contributed by atoms with Crippen LogP contribution < -0.4 is 19.1 Å². The number of ether oxygens (including phenoxy) is 2. The highest BCUT2D eigenvalue weighted by molar-refractivity contribution is 7.92. The van der Waals surface area contributed by atoms with Crippen LogP contribution in [-0.4, -0.2) is 35.1 Å². The summed E-state index contributed by atoms with van der Waals surface area (Å²) >= 11 is 0. The van der Waals surface area contributed by atoms with Gasteiger partial charge in [0.1, 0.15) is 0 Å². The number of anilines is 2. The number of benzene rings is 3. The van der Waals surface area contributed by atoms with Gasteiger partial charge in [0.05, 0.1) is 24.8 Å². The van der Waals surface area contributed by atoms with Crippen molar-refractivity contribution in [2.24, 2.45) is 0 Å². The van der Waals surface area contributed by atoms with Crippen LogP contribution in [0.1, 0.15) is 27.9 Å². The fraction of sp³-hybridized carbons (Fsp3) is 0.240. The second kappa shape index (κ2) is 9.15. The monoisotopic (exact) mass is 466 g/mol. The zero-order valence-corrected chi connectivity index (χ0v) is 19.6. The Bertz CT molecular complexity index is 1290. The van der Waals surface area contributed by atoms with Crippen molar-refractivity contribution in [1.29, 1.82) is 0 Å². The number of fused-ring (bicyclic) bond motifs is 1. The molecule has 0 fully saturated rings. The highest BCUT2D eigenvalue weighted by Crippen LogP contribution is 2.34. The first-order valence-corrected chi connectivity index (χ1v) is 12.0. The number of nitrogens with zero attached hydrogens (tertiary/aromatic N) is 1. The summed E-state index contributed by atoms with van der Waals surface area (Å²) in [6, 6.07) is 17.1. The van der Waals surface area contributed by atoms with Gasteiger partial charge in [0.2, 0.25) is 0 Å². The predicted molar refractivity (Wildman–Crippen MR) is 128 cm³/mol. The maximum absolute atomic E-state index is 13.3. The van der Waals surface area contributed by atoms with Gasteiger partial charge in [-0.05, 0) is 73.9 Å². The molecule has 0 aliphatic carbocycles. The third kappa shape index (κ3) is 4.52. The summed E-state index contributed by atoms with van der Waals surface area (Å²) in [6.45, 7) is 2.34. The van der Waals surface area contributed by atoms with Gasteiger partial charge in [0, 0.05) is 17.8 Å². The van der Waals surface area contributed by atoms with Gasteiger partial charge in [-0.15, -0.1) is 0 Å². The standard InChI is InChI=1S/C25H26N2O5S/c1-17-6-10-21(11-7-17)33(29,30)27-14-4-5-18-15-20(9-12-22(18)27)26-25(28)19-8-13-23(31-2)24(16-19)32-3/h6-13,15-16H,4-5,14H2,1-3H3,(H,26,28). The first-order valence-electron chi connectivity index (χ1n) is 10.6. The maximum atomic E-state index is 13.3. The Morgan fingerprint density at radius 1 is 0.939 bits per heavy atom. The van der Waals surface area contributed by atoms with Gasteiger partial charge >= 0.3 is 0 Å². The molecule has 0 atom stereocenters. The molecular formula is C25H26N2O5S. The van der Waals surface area contributed by atoms with Gasteiger partial charge in [0.25, 0.3) is 15.9 Å². The lowest BCUT2D eigenvalue weighted by molar-refractivity contribution is 0.102. The van der Waals surface area contributed by atoms with Crippen LogP contribution in [0, 0.1) is 6.92 Å². The summed E-state index contributed by atoms with van der Waals surface area (Å²) in [7, 11) is -0.617. The molecule has 172 valence electrons. The Morgan fingerprint density at radius 2 is 1.67 bits per heavy atom. The second-order valence-electron chi connectivity index (χ2n) is 7.86. The Morgan fingerprint density at radius 3 is 2.36 bits per heavy atom. The third-order valence-corrected chi connectivity index (χ3v) is 7.50. The van der Waals surface area contributed by atoms with Crippen LogP contribution in [0.25, 0.3) is 0 Å². The Kier molecular flexibility index (Phi) is 6.29. The lowest BCUT2D eigenvalue weighted by atomic mass is 10.0. The molecule has 1 N–H and O–H groups in total. The second-order valence-corrected chi connectivity index (χ2v) is 9.72. The van der Waals surface area contributed by atoms with E-state index >= 15 is 0 Å². The Hall–Kier alpha value is -3.52. The molecule has 4 rings (SSSR count). The number of aryl methyl sites for hydroxylation is 2. The van der Waals surface area contributed by atoms with Crippen molar-refractivity contribution < 1.29 is 22.7 Å². The average molecular weight is 467 g/mol. The summed E-state index contributed by atoms with van der Waals surface area (Å²) in [5.74, 6) is 0.709. The number of hydrogen-bond donors (Lipinski definition) is 1. The van der Waals surface area contributed by atoms with Gasteiger partial charge in [-0.2, -0.15) is 0 Å². The fourth-order valence-electron chi connectivity index (χ4n) is 3.91. The molecule has 0 radical (unpaired) electrons. The number of carbonyl (C=O) groups is 1. The van der Waals surface area contributed by atoms with Crippen molar-refractivity contribution in [1.82, 2.24) is 0 Å². The zero-order chi connectivity index (χ0) is 23.6. The number of hydrogen-bond acceptors (Lipinski definition) is 5. The highest BCUT2D eigenvalue weighted by atomic mass is 32.2. The molecular weight excluding hydrogens is 440 g/mol. The summed E-state index contributed by atoms with van der Waals surface area (Å²) < 4.78 is 38.5. The van der Waals surface area contributed by atoms with Crippen molar-refractivity contribution in [3.05, 3.63) is 77.4 Å². The number of carbonyl (C=O) groups excluding carboxylic acids is 1. The van der Waals surface area contributed by atoms with E-state index in [-0.39, 0.29) is 10.8 Å². The normalized spacial score (nSPS) is 13.2. The predicted octanol–water partition coefficient (Wildman–Crippen LogP) is 4.41. The molecule has 3 aromatic carbocycles. The molecule has 7 nitrogen and oxygen atoms in total. The maximum Gasteiger partial charge on any atom is 0.264 e. The topological polar surface area (TPSA) is 84.9 Å². The summed E-state index contributed by atoms with van der Waals surface area (Å²) in [5, 5.41) is 2.89. The quantitative estimate of drug-likeness (QED) is 0.582. The minimum absolute atomic E-state index is 0.270. The van der Waals surface area contributed by atoms with Crippen LogP contribution in [0.3, 0.4) is 0 Å². The summed E-state index contributed by atoms with van der Waals surface area (Å²) in [5.41, 5.74) is 3.55. The lowest BCUT2D eigenvalue weighted by Crippen LogP contribution is -2.35. The molecule has 1 aliphatic heterocycles. The van der Waals surface area contributed by atoms with Crippen LogP contribution in [0.5, 0.6) is 11.5 Å². The van der Waals surface area contributed by atoms with E-state index in [0.717, 1.165) is 17.5 Å². The summed E-state index contributed by atoms with van der Waals surface area (Å²) in [6.07, 6.45) is 1.43. The van der Waals surface area contributed by atoms with Crippen molar-refractivity contribution >= 4 is 27.3 Å². The molecule has 8 heteroatoms. The van der Waals surface area contributed by atoms with Crippen molar-refractivity contribution in [3.63, 3.8) is 0 Å². The van der Waals surface area contributed by atoms with Crippen molar-refractivity contribution in [2.45, 2.75) is 24.7 Å². The van der Waals surface area contributed by atoms with Crippen LogP contribution >= 0.6 is 0 Å². The van der Waals surface area contributed by atoms with Crippen LogP contribution in [0.4, 0.5) is 11.4 Å². The van der Waals surface area contributed by atoms with E-state index in [0.29, 0.717) is 41.4 Å². The molecule has 1 aliphatic rings. The molecule has 0 spiro atoms. The Labute approximate surface area is 194 Å². The van der Waals surface area contributed by atoms with Crippen molar-refractivity contribution in [2.75, 3.05) is 30.4 Å². The van der Waals surface area contributed by atoms with Gasteiger partial charge in [-0.1, -0.05) is 17.7 Å². The molecule has 1 heterocycles. The SMILES string of the molecule is COc1ccc(C(=O)Nc2ccc3c(c2)CCCN3S(=O)(=O)c2ccc(C)cc2)cc1OC. The molecule has 0 unspecified atom stereocenters. The van der Waals surface area contributed by atoms with Gasteiger partial charge in [-0.25, -0.2) is 8.42 Å². The van der Waals surface area contributed by atoms with Gasteiger partial charge in [-0.3, -0.25) is 9.10 Å². The van der Waals surface area contributed by atoms with E-state index in [1.807, 2.05) is 13.0 Å². The van der Waals surface area contributed by atoms with Crippen LogP contribution in [-0.2, 0) is 16.4 Å². The van der Waals surface area contributed by atoms with Crippen LogP contribution in [0.15, 0.2) is 65.6 Å². The summed E-state index contributed by atoms with van der Waals surface area (Å²) in [4.78, 5) is 13.0. The average Bonchev–Trinajstić information content (AvgIpc) is 2.83. The number of methoxy groups -OCH3 is 2. The Balaban J connectivity index is 1.58. The molecule has 0 saturated heterocycles. The van der Waals surface area contributed by atoms with Gasteiger partial charge in [0.15, 0.2) is 11.5 Å². The number of rotatable bonds is 6. The number of nitrogens with one attached hydrogen (secondary N) is 1. The molecule has 0 saturated carbocycles. The van der Waals surface area contributed by atoms with Gasteiger partial charge < -0.3 is 14.8 Å². The molecule has 3 aromatic rings. The van der Waals surface area contributed by atoms with E-state index in [9.17, 15) is 13.2 Å². The minimum atomic E-state index is -3.67. The molecule has 0 bridgehead atoms. The van der Waals surface area contributed by atoms with Crippen molar-refractivity contribution in [3.8, 4) is 11.5 Å². The molecule has 0 aromatic heterocycles. The highest BCUT2D eigenvalue weighted by Gasteiger charge is 2.29. The molecule has 33 heavy (non-hydrogen) atoms. The first-order chi connectivity index (χ1) is 15.8. The lowest BCUT2D eigenvalue weighted by Gasteiger charge is -2.31. The zero-order valence-electron chi connectivity index (χ0n) is 18.8. The van der Waals surface area contributed by atoms with E-state index in [4.69, 9.17) is 9.47 Å². The van der Waals surface area contributed by atoms with E-state index in [2.05, 4.69) is 5.32 Å². The third-order valence-electron chi connectivity index (χ3n) is 5.67. The van der Waals surface area contributed by atoms with E-state index in [1.165, 1.54) is 18.5 Å². The van der Waals surface area contributed by atoms with E-state index < -0.39 is 10.0 Å². The smallest absolute Gasteiger partial charge is 0.264 e. The van der Waals surface area contributed by atoms with Crippen LogP contribution in [0.2, 0.25) is 0 Å². The molecule has 1 amide bonds. The largest absolute Gasteiger partial charge is 0.493 e. The number of amides is 1. The van der Waals surface area contributed by atoms with E-state index in [1.54, 1.807) is 54.6 Å². The first kappa shape index (κ1) is 22.7. The number of sulfonamides is 1.